The van der Waals surface area contributed by atoms with Crippen molar-refractivity contribution in [2.24, 2.45) is 5.84 Å². The third kappa shape index (κ3) is 3.80. The van der Waals surface area contributed by atoms with Crippen LogP contribution in [0.1, 0.15) is 57.8 Å². The first kappa shape index (κ1) is 15.7. The predicted molar refractivity (Wildman–Crippen MR) is 81.5 cm³/mol. The summed E-state index contributed by atoms with van der Waals surface area (Å²) in [7, 11) is 0. The summed E-state index contributed by atoms with van der Waals surface area (Å²) >= 11 is 0. The molecule has 5 heteroatoms. The van der Waals surface area contributed by atoms with Crippen LogP contribution in [0.5, 0.6) is 0 Å². The summed E-state index contributed by atoms with van der Waals surface area (Å²) in [4.78, 5) is 11.5. The second-order valence-electron chi connectivity index (χ2n) is 5.11. The number of hydrogen-bond acceptors (Lipinski definition) is 5. The van der Waals surface area contributed by atoms with Crippen LogP contribution in [-0.2, 0) is 0 Å². The van der Waals surface area contributed by atoms with Crippen molar-refractivity contribution in [1.29, 1.82) is 0 Å². The van der Waals surface area contributed by atoms with Crippen molar-refractivity contribution in [2.75, 3.05) is 23.4 Å². The van der Waals surface area contributed by atoms with Gasteiger partial charge in [-0.1, -0.05) is 27.2 Å². The molecule has 19 heavy (non-hydrogen) atoms. The molecule has 1 aromatic rings. The zero-order chi connectivity index (χ0) is 14.4. The lowest BCUT2D eigenvalue weighted by Gasteiger charge is -2.25. The van der Waals surface area contributed by atoms with Gasteiger partial charge in [-0.25, -0.2) is 15.8 Å². The average Bonchev–Trinajstić information content (AvgIpc) is 2.40. The molecule has 0 spiro atoms. The smallest absolute Gasteiger partial charge is 0.148 e. The summed E-state index contributed by atoms with van der Waals surface area (Å²) in [5.74, 6) is 8.42. The summed E-state index contributed by atoms with van der Waals surface area (Å²) in [6.07, 6.45) is 2.35. The van der Waals surface area contributed by atoms with Crippen LogP contribution in [0, 0.1) is 6.92 Å². The molecule has 1 aromatic heterocycles. The lowest BCUT2D eigenvalue weighted by Crippen LogP contribution is -2.27. The Morgan fingerprint density at radius 2 is 1.95 bits per heavy atom. The van der Waals surface area contributed by atoms with E-state index in [-0.39, 0.29) is 5.92 Å². The predicted octanol–water partition coefficient (Wildman–Crippen LogP) is 2.82. The number of aromatic nitrogens is 2. The minimum atomic E-state index is 0.288. The van der Waals surface area contributed by atoms with Gasteiger partial charge in [0.25, 0.3) is 0 Å². The first-order valence-corrected chi connectivity index (χ1v) is 7.15. The number of hydrogen-bond donors (Lipinski definition) is 2. The fourth-order valence-corrected chi connectivity index (χ4v) is 1.99. The van der Waals surface area contributed by atoms with Gasteiger partial charge in [0.05, 0.1) is 0 Å². The third-order valence-corrected chi connectivity index (χ3v) is 3.25. The van der Waals surface area contributed by atoms with Crippen molar-refractivity contribution in [1.82, 2.24) is 9.97 Å². The van der Waals surface area contributed by atoms with Crippen LogP contribution >= 0.6 is 0 Å². The van der Waals surface area contributed by atoms with Gasteiger partial charge in [0.2, 0.25) is 0 Å². The van der Waals surface area contributed by atoms with E-state index in [9.17, 15) is 0 Å². The molecule has 1 rings (SSSR count). The first-order chi connectivity index (χ1) is 9.04. The normalized spacial score (nSPS) is 10.9. The van der Waals surface area contributed by atoms with Crippen molar-refractivity contribution >= 4 is 11.6 Å². The first-order valence-electron chi connectivity index (χ1n) is 7.15. The van der Waals surface area contributed by atoms with Crippen LogP contribution < -0.4 is 16.2 Å². The molecular formula is C14H27N5. The fraction of sp³-hybridized carbons (Fsp3) is 0.714. The topological polar surface area (TPSA) is 67.1 Å². The molecule has 108 valence electrons. The number of hydrazine groups is 1. The van der Waals surface area contributed by atoms with Crippen LogP contribution in [-0.4, -0.2) is 23.1 Å². The molecular weight excluding hydrogens is 238 g/mol. The van der Waals surface area contributed by atoms with Gasteiger partial charge in [-0.3, -0.25) is 0 Å². The maximum Gasteiger partial charge on any atom is 0.148 e. The second kappa shape index (κ2) is 7.28. The Morgan fingerprint density at radius 1 is 1.26 bits per heavy atom. The summed E-state index contributed by atoms with van der Waals surface area (Å²) in [5, 5.41) is 0. The summed E-state index contributed by atoms with van der Waals surface area (Å²) in [6.45, 7) is 12.5. The highest BCUT2D eigenvalue weighted by Gasteiger charge is 2.16. The zero-order valence-electron chi connectivity index (χ0n) is 12.8. The van der Waals surface area contributed by atoms with Gasteiger partial charge in [0.1, 0.15) is 17.5 Å². The van der Waals surface area contributed by atoms with Crippen molar-refractivity contribution in [2.45, 2.75) is 53.4 Å². The average molecular weight is 265 g/mol. The van der Waals surface area contributed by atoms with Gasteiger partial charge in [-0.05, 0) is 20.3 Å². The summed E-state index contributed by atoms with van der Waals surface area (Å²) < 4.78 is 0. The van der Waals surface area contributed by atoms with E-state index in [1.165, 1.54) is 12.8 Å². The van der Waals surface area contributed by atoms with Crippen LogP contribution in [0.3, 0.4) is 0 Å². The molecule has 0 aliphatic carbocycles. The van der Waals surface area contributed by atoms with Gasteiger partial charge in [-0.2, -0.15) is 0 Å². The minimum Gasteiger partial charge on any atom is -0.357 e. The largest absolute Gasteiger partial charge is 0.357 e. The van der Waals surface area contributed by atoms with Gasteiger partial charge in [0, 0.05) is 24.6 Å². The number of anilines is 2. The number of unbranched alkanes of at least 4 members (excludes halogenated alkanes) is 1. The van der Waals surface area contributed by atoms with E-state index in [1.54, 1.807) is 0 Å². The van der Waals surface area contributed by atoms with Gasteiger partial charge >= 0.3 is 0 Å². The molecule has 1 heterocycles. The van der Waals surface area contributed by atoms with Gasteiger partial charge < -0.3 is 10.3 Å². The van der Waals surface area contributed by atoms with E-state index in [2.05, 4.69) is 43.0 Å². The summed E-state index contributed by atoms with van der Waals surface area (Å²) in [6, 6.07) is 0. The zero-order valence-corrected chi connectivity index (χ0v) is 12.8. The molecule has 0 bridgehead atoms. The highest BCUT2D eigenvalue weighted by atomic mass is 15.3. The van der Waals surface area contributed by atoms with Gasteiger partial charge in [0.15, 0.2) is 0 Å². The van der Waals surface area contributed by atoms with E-state index in [4.69, 9.17) is 10.8 Å². The van der Waals surface area contributed by atoms with E-state index >= 15 is 0 Å². The maximum atomic E-state index is 5.57. The molecule has 0 aliphatic rings. The Bertz CT molecular complexity index is 403. The summed E-state index contributed by atoms with van der Waals surface area (Å²) in [5.41, 5.74) is 3.71. The molecule has 0 atom stereocenters. The monoisotopic (exact) mass is 265 g/mol. The molecule has 0 radical (unpaired) electrons. The molecule has 3 N–H and O–H groups in total. The Labute approximate surface area is 116 Å². The van der Waals surface area contributed by atoms with Crippen LogP contribution in [0.25, 0.3) is 0 Å². The lowest BCUT2D eigenvalue weighted by atomic mass is 10.2. The van der Waals surface area contributed by atoms with E-state index < -0.39 is 0 Å². The number of nitrogens with zero attached hydrogens (tertiary/aromatic N) is 3. The SMILES string of the molecule is CCCCN(CC)c1nc(C(C)C)nc(NN)c1C. The molecule has 0 unspecified atom stereocenters. The van der Waals surface area contributed by atoms with E-state index in [1.807, 2.05) is 6.92 Å². The van der Waals surface area contributed by atoms with Crippen molar-refractivity contribution in [3.8, 4) is 0 Å². The molecule has 0 fully saturated rings. The number of nitrogen functional groups attached to an aromatic ring is 1. The molecule has 0 saturated carbocycles. The molecule has 0 aliphatic heterocycles. The van der Waals surface area contributed by atoms with Crippen molar-refractivity contribution in [3.63, 3.8) is 0 Å². The molecule has 0 saturated heterocycles. The van der Waals surface area contributed by atoms with Crippen LogP contribution in [0.4, 0.5) is 11.6 Å². The maximum absolute atomic E-state index is 5.57. The lowest BCUT2D eigenvalue weighted by molar-refractivity contribution is 0.706. The van der Waals surface area contributed by atoms with E-state index in [0.717, 1.165) is 36.1 Å². The Morgan fingerprint density at radius 3 is 2.42 bits per heavy atom. The highest BCUT2D eigenvalue weighted by molar-refractivity contribution is 5.58. The Hall–Kier alpha value is -1.36. The standard InChI is InChI=1S/C14H27N5/c1-6-8-9-19(7-2)14-11(5)13(18-15)16-12(17-14)10(3)4/h10H,6-9,15H2,1-5H3,(H,16,17,18). The second-order valence-corrected chi connectivity index (χ2v) is 5.11. The van der Waals surface area contributed by atoms with E-state index in [0.29, 0.717) is 0 Å². The van der Waals surface area contributed by atoms with Crippen LogP contribution in [0.2, 0.25) is 0 Å². The number of nitrogens with one attached hydrogen (secondary N) is 1. The molecule has 0 amide bonds. The third-order valence-electron chi connectivity index (χ3n) is 3.25. The number of nitrogens with two attached hydrogens (primary N) is 1. The Balaban J connectivity index is 3.18. The highest BCUT2D eigenvalue weighted by Crippen LogP contribution is 2.25. The molecule has 5 nitrogen and oxygen atoms in total. The number of rotatable bonds is 7. The fourth-order valence-electron chi connectivity index (χ4n) is 1.99. The minimum absolute atomic E-state index is 0.288. The van der Waals surface area contributed by atoms with Gasteiger partial charge in [-0.15, -0.1) is 0 Å². The van der Waals surface area contributed by atoms with Crippen molar-refractivity contribution in [3.05, 3.63) is 11.4 Å². The van der Waals surface area contributed by atoms with Crippen LogP contribution in [0.15, 0.2) is 0 Å². The Kier molecular flexibility index (Phi) is 6.02. The quantitative estimate of drug-likeness (QED) is 0.586. The molecule has 0 aromatic carbocycles. The van der Waals surface area contributed by atoms with Crippen molar-refractivity contribution < 1.29 is 0 Å².